The lowest BCUT2D eigenvalue weighted by atomic mass is 9.94. The van der Waals surface area contributed by atoms with Gasteiger partial charge in [0.1, 0.15) is 0 Å². The van der Waals surface area contributed by atoms with Crippen LogP contribution < -0.4 is 0 Å². The first-order valence-corrected chi connectivity index (χ1v) is 7.61. The first kappa shape index (κ1) is 15.7. The summed E-state index contributed by atoms with van der Waals surface area (Å²) in [7, 11) is 4.33. The van der Waals surface area contributed by atoms with Crippen molar-refractivity contribution in [2.75, 3.05) is 20.6 Å². The van der Waals surface area contributed by atoms with Gasteiger partial charge in [-0.15, -0.1) is 0 Å². The lowest BCUT2D eigenvalue weighted by molar-refractivity contribution is 0.353. The number of hydrogen-bond donors (Lipinski definition) is 0. The van der Waals surface area contributed by atoms with E-state index < -0.39 is 0 Å². The van der Waals surface area contributed by atoms with E-state index in [-0.39, 0.29) is 0 Å². The van der Waals surface area contributed by atoms with Gasteiger partial charge in [0.25, 0.3) is 0 Å². The zero-order chi connectivity index (χ0) is 11.7. The van der Waals surface area contributed by atoms with Crippen LogP contribution in [0.5, 0.6) is 0 Å². The Morgan fingerprint density at radius 3 is 2.13 bits per heavy atom. The highest BCUT2D eigenvalue weighted by Gasteiger charge is 2.13. The molecule has 0 aliphatic heterocycles. The standard InChI is InChI=1S/C13H28IN/c1-5-6-7-9-13(12(2)14)10-8-11-15(3)4/h12-13H,5-11H2,1-4H3. The maximum atomic E-state index is 2.60. The molecule has 0 aromatic rings. The van der Waals surface area contributed by atoms with E-state index in [2.05, 4.69) is 55.4 Å². The van der Waals surface area contributed by atoms with Gasteiger partial charge in [0, 0.05) is 3.92 Å². The van der Waals surface area contributed by atoms with Gasteiger partial charge in [-0.25, -0.2) is 0 Å². The van der Waals surface area contributed by atoms with Crippen molar-refractivity contribution in [3.8, 4) is 0 Å². The van der Waals surface area contributed by atoms with Gasteiger partial charge in [-0.2, -0.15) is 0 Å². The Labute approximate surface area is 110 Å². The molecule has 1 nitrogen and oxygen atoms in total. The summed E-state index contributed by atoms with van der Waals surface area (Å²) < 4.78 is 0.835. The van der Waals surface area contributed by atoms with Crippen LogP contribution in [0.25, 0.3) is 0 Å². The van der Waals surface area contributed by atoms with E-state index in [0.29, 0.717) is 0 Å². The smallest absolute Gasteiger partial charge is 0.0110 e. The maximum absolute atomic E-state index is 2.60. The fourth-order valence-corrected chi connectivity index (χ4v) is 2.65. The quantitative estimate of drug-likeness (QED) is 0.346. The van der Waals surface area contributed by atoms with Gasteiger partial charge in [-0.3, -0.25) is 0 Å². The van der Waals surface area contributed by atoms with Gasteiger partial charge in [-0.1, -0.05) is 55.7 Å². The minimum atomic E-state index is 0.835. The summed E-state index contributed by atoms with van der Waals surface area (Å²) in [5.74, 6) is 0.942. The molecule has 2 atom stereocenters. The minimum absolute atomic E-state index is 0.835. The van der Waals surface area contributed by atoms with Crippen LogP contribution in [0.2, 0.25) is 0 Å². The van der Waals surface area contributed by atoms with Crippen molar-refractivity contribution in [1.82, 2.24) is 4.90 Å². The average molecular weight is 325 g/mol. The molecular formula is C13H28IN. The molecule has 0 rings (SSSR count). The van der Waals surface area contributed by atoms with E-state index in [1.807, 2.05) is 0 Å². The van der Waals surface area contributed by atoms with Crippen molar-refractivity contribution in [2.24, 2.45) is 5.92 Å². The number of rotatable bonds is 9. The van der Waals surface area contributed by atoms with Crippen molar-refractivity contribution >= 4 is 22.6 Å². The minimum Gasteiger partial charge on any atom is -0.309 e. The van der Waals surface area contributed by atoms with Crippen LogP contribution in [-0.4, -0.2) is 29.5 Å². The normalized spacial score (nSPS) is 15.6. The predicted molar refractivity (Wildman–Crippen MR) is 78.9 cm³/mol. The van der Waals surface area contributed by atoms with E-state index in [0.717, 1.165) is 9.84 Å². The first-order valence-electron chi connectivity index (χ1n) is 6.36. The molecule has 2 unspecified atom stereocenters. The molecular weight excluding hydrogens is 297 g/mol. The molecule has 15 heavy (non-hydrogen) atoms. The highest BCUT2D eigenvalue weighted by atomic mass is 127. The molecule has 0 heterocycles. The zero-order valence-corrected chi connectivity index (χ0v) is 13.1. The molecule has 0 N–H and O–H groups in total. The second-order valence-electron chi connectivity index (χ2n) is 4.88. The molecule has 0 spiro atoms. The van der Waals surface area contributed by atoms with Gasteiger partial charge in [0.2, 0.25) is 0 Å². The van der Waals surface area contributed by atoms with Gasteiger partial charge in [-0.05, 0) is 45.8 Å². The van der Waals surface area contributed by atoms with Gasteiger partial charge in [0.05, 0.1) is 0 Å². The monoisotopic (exact) mass is 325 g/mol. The lowest BCUT2D eigenvalue weighted by Crippen LogP contribution is -2.17. The van der Waals surface area contributed by atoms with Crippen molar-refractivity contribution in [3.05, 3.63) is 0 Å². The fraction of sp³-hybridized carbons (Fsp3) is 1.00. The van der Waals surface area contributed by atoms with E-state index in [1.165, 1.54) is 45.1 Å². The van der Waals surface area contributed by atoms with Crippen LogP contribution in [-0.2, 0) is 0 Å². The average Bonchev–Trinajstić information content (AvgIpc) is 2.15. The van der Waals surface area contributed by atoms with Crippen LogP contribution in [0.4, 0.5) is 0 Å². The molecule has 2 heteroatoms. The molecule has 0 aliphatic rings. The largest absolute Gasteiger partial charge is 0.309 e. The van der Waals surface area contributed by atoms with Crippen molar-refractivity contribution < 1.29 is 0 Å². The second kappa shape index (κ2) is 9.88. The Kier molecular flexibility index (Phi) is 10.3. The summed E-state index contributed by atoms with van der Waals surface area (Å²) in [6.45, 7) is 5.90. The van der Waals surface area contributed by atoms with Crippen molar-refractivity contribution in [2.45, 2.75) is 56.3 Å². The Balaban J connectivity index is 3.64. The summed E-state index contributed by atoms with van der Waals surface area (Å²) in [6, 6.07) is 0. The Morgan fingerprint density at radius 2 is 1.67 bits per heavy atom. The molecule has 0 amide bonds. The van der Waals surface area contributed by atoms with E-state index in [4.69, 9.17) is 0 Å². The molecule has 0 aromatic heterocycles. The predicted octanol–water partition coefficient (Wildman–Crippen LogP) is 4.35. The number of unbranched alkanes of at least 4 members (excludes halogenated alkanes) is 2. The summed E-state index contributed by atoms with van der Waals surface area (Å²) in [5.41, 5.74) is 0. The Bertz CT molecular complexity index is 134. The third kappa shape index (κ3) is 9.61. The maximum Gasteiger partial charge on any atom is 0.0110 e. The highest BCUT2D eigenvalue weighted by Crippen LogP contribution is 2.24. The fourth-order valence-electron chi connectivity index (χ4n) is 1.93. The van der Waals surface area contributed by atoms with Crippen molar-refractivity contribution in [3.63, 3.8) is 0 Å². The molecule has 0 saturated carbocycles. The summed E-state index contributed by atoms with van der Waals surface area (Å²) in [5, 5.41) is 0. The van der Waals surface area contributed by atoms with E-state index in [1.54, 1.807) is 0 Å². The van der Waals surface area contributed by atoms with Crippen LogP contribution in [0.3, 0.4) is 0 Å². The third-order valence-corrected chi connectivity index (χ3v) is 4.03. The molecule has 0 saturated heterocycles. The molecule has 0 radical (unpaired) electrons. The molecule has 0 fully saturated rings. The lowest BCUT2D eigenvalue weighted by Gasteiger charge is -2.20. The number of halogens is 1. The molecule has 0 aromatic carbocycles. The van der Waals surface area contributed by atoms with Crippen LogP contribution in [0.1, 0.15) is 52.4 Å². The summed E-state index contributed by atoms with van der Waals surface area (Å²) in [4.78, 5) is 2.29. The number of hydrogen-bond acceptors (Lipinski definition) is 1. The van der Waals surface area contributed by atoms with Crippen LogP contribution in [0, 0.1) is 5.92 Å². The number of alkyl halides is 1. The SMILES string of the molecule is CCCCCC(CCCN(C)C)C(C)I. The number of nitrogens with zero attached hydrogens (tertiary/aromatic N) is 1. The zero-order valence-electron chi connectivity index (χ0n) is 10.9. The highest BCUT2D eigenvalue weighted by molar-refractivity contribution is 14.1. The topological polar surface area (TPSA) is 3.24 Å². The Hall–Kier alpha value is 0.690. The first-order chi connectivity index (χ1) is 7.07. The Morgan fingerprint density at radius 1 is 1.07 bits per heavy atom. The van der Waals surface area contributed by atoms with Crippen LogP contribution >= 0.6 is 22.6 Å². The summed E-state index contributed by atoms with van der Waals surface area (Å²) in [6.07, 6.45) is 8.39. The molecule has 0 aliphatic carbocycles. The third-order valence-electron chi connectivity index (χ3n) is 3.01. The van der Waals surface area contributed by atoms with Gasteiger partial charge in [0.15, 0.2) is 0 Å². The van der Waals surface area contributed by atoms with Crippen LogP contribution in [0.15, 0.2) is 0 Å². The van der Waals surface area contributed by atoms with Gasteiger partial charge >= 0.3 is 0 Å². The van der Waals surface area contributed by atoms with E-state index >= 15 is 0 Å². The van der Waals surface area contributed by atoms with Crippen molar-refractivity contribution in [1.29, 1.82) is 0 Å². The molecule has 0 bridgehead atoms. The summed E-state index contributed by atoms with van der Waals surface area (Å²) >= 11 is 2.60. The van der Waals surface area contributed by atoms with E-state index in [9.17, 15) is 0 Å². The second-order valence-corrected chi connectivity index (χ2v) is 6.84. The molecule has 92 valence electrons. The van der Waals surface area contributed by atoms with Gasteiger partial charge < -0.3 is 4.90 Å².